The Morgan fingerprint density at radius 3 is 2.94 bits per heavy atom. The summed E-state index contributed by atoms with van der Waals surface area (Å²) in [7, 11) is 0. The maximum Gasteiger partial charge on any atom is 0.219 e. The van der Waals surface area contributed by atoms with Crippen LogP contribution in [0, 0.1) is 11.3 Å². The number of rotatable bonds is 4. The van der Waals surface area contributed by atoms with Crippen molar-refractivity contribution in [3.63, 3.8) is 0 Å². The van der Waals surface area contributed by atoms with E-state index >= 15 is 0 Å². The molecule has 7 heteroatoms. The first-order valence-corrected chi connectivity index (χ1v) is 5.56. The molecule has 86 valence electrons. The van der Waals surface area contributed by atoms with Crippen LogP contribution in [0.4, 0.5) is 5.13 Å². The Labute approximate surface area is 102 Å². The van der Waals surface area contributed by atoms with Crippen molar-refractivity contribution in [1.82, 2.24) is 10.2 Å². The summed E-state index contributed by atoms with van der Waals surface area (Å²) < 4.78 is 5.49. The number of nitriles is 1. The van der Waals surface area contributed by atoms with E-state index in [1.54, 1.807) is 18.2 Å². The predicted octanol–water partition coefficient (Wildman–Crippen LogP) is 1.27. The third kappa shape index (κ3) is 2.69. The Balaban J connectivity index is 2.05. The zero-order valence-electron chi connectivity index (χ0n) is 8.75. The molecule has 6 nitrogen and oxygen atoms in total. The highest BCUT2D eigenvalue weighted by atomic mass is 32.1. The van der Waals surface area contributed by atoms with Crippen LogP contribution in [0.1, 0.15) is 10.6 Å². The molecule has 0 spiro atoms. The highest BCUT2D eigenvalue weighted by Gasteiger charge is 2.06. The SMILES string of the molecule is N#Cc1ccccc1OCc1nnc(NN)s1. The minimum absolute atomic E-state index is 0.262. The molecular weight excluding hydrogens is 238 g/mol. The second-order valence-corrected chi connectivity index (χ2v) is 4.10. The predicted molar refractivity (Wildman–Crippen MR) is 63.2 cm³/mol. The van der Waals surface area contributed by atoms with Crippen LogP contribution in [0.15, 0.2) is 24.3 Å². The first kappa shape index (κ1) is 11.3. The Morgan fingerprint density at radius 2 is 2.24 bits per heavy atom. The van der Waals surface area contributed by atoms with Crippen molar-refractivity contribution in [1.29, 1.82) is 5.26 Å². The molecule has 1 aromatic heterocycles. The number of nitrogens with zero attached hydrogens (tertiary/aromatic N) is 3. The minimum atomic E-state index is 0.262. The van der Waals surface area contributed by atoms with E-state index in [2.05, 4.69) is 21.7 Å². The number of hydrogen-bond donors (Lipinski definition) is 2. The Kier molecular flexibility index (Phi) is 3.49. The molecule has 0 aliphatic rings. The van der Waals surface area contributed by atoms with Crippen molar-refractivity contribution >= 4 is 16.5 Å². The summed E-state index contributed by atoms with van der Waals surface area (Å²) >= 11 is 1.30. The molecule has 0 fully saturated rings. The van der Waals surface area contributed by atoms with Gasteiger partial charge in [0.25, 0.3) is 0 Å². The topological polar surface area (TPSA) is 96.8 Å². The Hall–Kier alpha value is -2.17. The number of para-hydroxylation sites is 1. The molecule has 0 saturated carbocycles. The number of nitrogens with one attached hydrogen (secondary N) is 1. The number of hydrogen-bond acceptors (Lipinski definition) is 7. The maximum absolute atomic E-state index is 8.88. The fourth-order valence-electron chi connectivity index (χ4n) is 1.19. The van der Waals surface area contributed by atoms with E-state index in [9.17, 15) is 0 Å². The lowest BCUT2D eigenvalue weighted by atomic mass is 10.2. The number of nitrogens with two attached hydrogens (primary N) is 1. The molecule has 1 heterocycles. The number of ether oxygens (including phenoxy) is 1. The average molecular weight is 247 g/mol. The third-order valence-electron chi connectivity index (χ3n) is 1.95. The van der Waals surface area contributed by atoms with E-state index in [0.29, 0.717) is 21.5 Å². The lowest BCUT2D eigenvalue weighted by molar-refractivity contribution is 0.303. The van der Waals surface area contributed by atoms with Gasteiger partial charge < -0.3 is 4.74 Å². The smallest absolute Gasteiger partial charge is 0.219 e. The summed E-state index contributed by atoms with van der Waals surface area (Å²) in [5, 5.41) is 17.7. The molecule has 0 radical (unpaired) electrons. The molecule has 1 aromatic carbocycles. The van der Waals surface area contributed by atoms with Gasteiger partial charge in [-0.15, -0.1) is 10.2 Å². The quantitative estimate of drug-likeness (QED) is 0.624. The van der Waals surface area contributed by atoms with Crippen LogP contribution in [0.2, 0.25) is 0 Å². The van der Waals surface area contributed by atoms with Crippen LogP contribution < -0.4 is 16.0 Å². The van der Waals surface area contributed by atoms with E-state index in [0.717, 1.165) is 0 Å². The summed E-state index contributed by atoms with van der Waals surface area (Å²) in [5.74, 6) is 5.72. The molecule has 0 aliphatic heterocycles. The molecule has 2 rings (SSSR count). The molecular formula is C10H9N5OS. The van der Waals surface area contributed by atoms with Gasteiger partial charge in [-0.3, -0.25) is 5.43 Å². The van der Waals surface area contributed by atoms with Crippen LogP contribution in [-0.4, -0.2) is 10.2 Å². The lowest BCUT2D eigenvalue weighted by Gasteiger charge is -2.04. The van der Waals surface area contributed by atoms with E-state index in [1.165, 1.54) is 11.3 Å². The van der Waals surface area contributed by atoms with E-state index in [-0.39, 0.29) is 6.61 Å². The zero-order chi connectivity index (χ0) is 12.1. The highest BCUT2D eigenvalue weighted by molar-refractivity contribution is 7.15. The minimum Gasteiger partial charge on any atom is -0.485 e. The van der Waals surface area contributed by atoms with Gasteiger partial charge in [-0.1, -0.05) is 23.5 Å². The number of aromatic nitrogens is 2. The second kappa shape index (κ2) is 5.25. The van der Waals surface area contributed by atoms with Gasteiger partial charge in [-0.2, -0.15) is 5.26 Å². The Morgan fingerprint density at radius 1 is 1.41 bits per heavy atom. The average Bonchev–Trinajstić information content (AvgIpc) is 2.84. The van der Waals surface area contributed by atoms with Crippen molar-refractivity contribution in [3.05, 3.63) is 34.8 Å². The van der Waals surface area contributed by atoms with Crippen molar-refractivity contribution in [2.24, 2.45) is 5.84 Å². The molecule has 0 bridgehead atoms. The molecule has 0 amide bonds. The molecule has 0 aliphatic carbocycles. The van der Waals surface area contributed by atoms with Gasteiger partial charge in [0.2, 0.25) is 5.13 Å². The van der Waals surface area contributed by atoms with E-state index in [4.69, 9.17) is 15.8 Å². The summed E-state index contributed by atoms with van der Waals surface area (Å²) in [5.41, 5.74) is 2.90. The van der Waals surface area contributed by atoms with Crippen LogP contribution >= 0.6 is 11.3 Å². The van der Waals surface area contributed by atoms with Crippen molar-refractivity contribution in [3.8, 4) is 11.8 Å². The number of hydrazine groups is 1. The molecule has 3 N–H and O–H groups in total. The van der Waals surface area contributed by atoms with Crippen molar-refractivity contribution < 1.29 is 4.74 Å². The summed E-state index contributed by atoms with van der Waals surface area (Å²) in [6.07, 6.45) is 0. The fourth-order valence-corrected chi connectivity index (χ4v) is 1.76. The van der Waals surface area contributed by atoms with Gasteiger partial charge in [0, 0.05) is 0 Å². The van der Waals surface area contributed by atoms with Gasteiger partial charge in [-0.05, 0) is 12.1 Å². The standard InChI is InChI=1S/C10H9N5OS/c11-5-7-3-1-2-4-8(7)16-6-9-14-15-10(13-12)17-9/h1-4H,6,12H2,(H,13,15). The molecule has 2 aromatic rings. The molecule has 0 saturated heterocycles. The van der Waals surface area contributed by atoms with Gasteiger partial charge in [0.15, 0.2) is 5.01 Å². The first-order chi connectivity index (χ1) is 8.33. The summed E-state index contributed by atoms with van der Waals surface area (Å²) in [6, 6.07) is 9.09. The molecule has 0 unspecified atom stereocenters. The van der Waals surface area contributed by atoms with Crippen LogP contribution in [-0.2, 0) is 6.61 Å². The van der Waals surface area contributed by atoms with Crippen LogP contribution in [0.25, 0.3) is 0 Å². The number of nitrogen functional groups attached to an aromatic ring is 1. The van der Waals surface area contributed by atoms with Gasteiger partial charge >= 0.3 is 0 Å². The first-order valence-electron chi connectivity index (χ1n) is 4.74. The van der Waals surface area contributed by atoms with E-state index in [1.807, 2.05) is 6.07 Å². The highest BCUT2D eigenvalue weighted by Crippen LogP contribution is 2.20. The summed E-state index contributed by atoms with van der Waals surface area (Å²) in [6.45, 7) is 0.262. The molecule has 0 atom stereocenters. The normalized spacial score (nSPS) is 9.65. The van der Waals surface area contributed by atoms with Gasteiger partial charge in [0.1, 0.15) is 18.4 Å². The third-order valence-corrected chi connectivity index (χ3v) is 2.78. The van der Waals surface area contributed by atoms with Crippen LogP contribution in [0.5, 0.6) is 5.75 Å². The summed E-state index contributed by atoms with van der Waals surface area (Å²) in [4.78, 5) is 0. The Bertz CT molecular complexity index is 548. The number of benzene rings is 1. The number of anilines is 1. The fraction of sp³-hybridized carbons (Fsp3) is 0.100. The van der Waals surface area contributed by atoms with Gasteiger partial charge in [-0.25, -0.2) is 5.84 Å². The van der Waals surface area contributed by atoms with Gasteiger partial charge in [0.05, 0.1) is 5.56 Å². The second-order valence-electron chi connectivity index (χ2n) is 3.04. The largest absolute Gasteiger partial charge is 0.485 e. The van der Waals surface area contributed by atoms with Crippen LogP contribution in [0.3, 0.4) is 0 Å². The maximum atomic E-state index is 8.88. The van der Waals surface area contributed by atoms with E-state index < -0.39 is 0 Å². The lowest BCUT2D eigenvalue weighted by Crippen LogP contribution is -2.05. The zero-order valence-corrected chi connectivity index (χ0v) is 9.57. The van der Waals surface area contributed by atoms with Crippen molar-refractivity contribution in [2.45, 2.75) is 6.61 Å². The van der Waals surface area contributed by atoms with Crippen molar-refractivity contribution in [2.75, 3.05) is 5.43 Å². The molecule has 17 heavy (non-hydrogen) atoms. The monoisotopic (exact) mass is 247 g/mol.